The van der Waals surface area contributed by atoms with Crippen LogP contribution in [0.1, 0.15) is 43.4 Å². The third kappa shape index (κ3) is 7.44. The predicted molar refractivity (Wildman–Crippen MR) is 151 cm³/mol. The highest BCUT2D eigenvalue weighted by atomic mass is 32.2. The molecular weight excluding hydrogens is 517 g/mol. The van der Waals surface area contributed by atoms with Crippen molar-refractivity contribution in [3.05, 3.63) is 95.3 Å². The molecule has 3 aromatic rings. The molecule has 0 aromatic heterocycles. The molecule has 1 N–H and O–H groups in total. The predicted octanol–water partition coefficient (Wildman–Crippen LogP) is 4.97. The van der Waals surface area contributed by atoms with E-state index in [1.807, 2.05) is 26.0 Å². The van der Waals surface area contributed by atoms with Crippen molar-refractivity contribution in [1.82, 2.24) is 10.2 Å². The number of amides is 2. The van der Waals surface area contributed by atoms with Gasteiger partial charge in [0.1, 0.15) is 18.4 Å². The molecule has 1 atom stereocenters. The van der Waals surface area contributed by atoms with Crippen LogP contribution in [0.2, 0.25) is 0 Å². The van der Waals surface area contributed by atoms with E-state index in [-0.39, 0.29) is 17.3 Å². The lowest BCUT2D eigenvalue weighted by Gasteiger charge is -2.33. The average molecular weight is 554 g/mol. The zero-order valence-corrected chi connectivity index (χ0v) is 23.7. The fourth-order valence-electron chi connectivity index (χ4n) is 4.29. The van der Waals surface area contributed by atoms with E-state index in [0.29, 0.717) is 29.8 Å². The number of nitrogens with one attached hydrogen (secondary N) is 1. The molecule has 0 aliphatic carbocycles. The molecule has 7 nitrogen and oxygen atoms in total. The fourth-order valence-corrected chi connectivity index (χ4v) is 5.78. The Bertz CT molecular complexity index is 1380. The molecule has 0 aliphatic heterocycles. The fraction of sp³-hybridized carbons (Fsp3) is 0.333. The summed E-state index contributed by atoms with van der Waals surface area (Å²) in [5.41, 5.74) is 2.53. The Morgan fingerprint density at radius 1 is 0.949 bits per heavy atom. The van der Waals surface area contributed by atoms with Gasteiger partial charge in [0, 0.05) is 13.1 Å². The molecule has 0 aliphatic rings. The third-order valence-electron chi connectivity index (χ3n) is 6.44. The van der Waals surface area contributed by atoms with Gasteiger partial charge in [-0.1, -0.05) is 56.3 Å². The Morgan fingerprint density at radius 2 is 1.62 bits per heavy atom. The van der Waals surface area contributed by atoms with Gasteiger partial charge in [-0.25, -0.2) is 12.8 Å². The molecule has 39 heavy (non-hydrogen) atoms. The van der Waals surface area contributed by atoms with Gasteiger partial charge in [-0.2, -0.15) is 0 Å². The molecule has 2 amide bonds. The number of hydrogen-bond acceptors (Lipinski definition) is 4. The van der Waals surface area contributed by atoms with Gasteiger partial charge in [0.05, 0.1) is 10.6 Å². The molecule has 9 heteroatoms. The summed E-state index contributed by atoms with van der Waals surface area (Å²) in [7, 11) is -4.13. The Hall–Kier alpha value is -3.72. The van der Waals surface area contributed by atoms with Crippen molar-refractivity contribution in [2.75, 3.05) is 17.4 Å². The van der Waals surface area contributed by atoms with Crippen molar-refractivity contribution in [2.45, 2.75) is 58.0 Å². The van der Waals surface area contributed by atoms with Gasteiger partial charge in [-0.15, -0.1) is 0 Å². The van der Waals surface area contributed by atoms with E-state index in [1.54, 1.807) is 50.2 Å². The molecule has 0 spiro atoms. The minimum Gasteiger partial charge on any atom is -0.354 e. The molecule has 0 saturated heterocycles. The Balaban J connectivity index is 2.07. The number of benzene rings is 3. The van der Waals surface area contributed by atoms with Gasteiger partial charge in [0.25, 0.3) is 10.0 Å². The minimum absolute atomic E-state index is 0.0171. The van der Waals surface area contributed by atoms with Crippen LogP contribution in [-0.4, -0.2) is 44.3 Å². The maximum Gasteiger partial charge on any atom is 0.264 e. The number of anilines is 1. The second-order valence-corrected chi connectivity index (χ2v) is 11.3. The maximum atomic E-state index is 14.0. The number of sulfonamides is 1. The zero-order chi connectivity index (χ0) is 28.6. The van der Waals surface area contributed by atoms with E-state index in [2.05, 4.69) is 5.32 Å². The highest BCUT2D eigenvalue weighted by Gasteiger charge is 2.34. The number of nitrogens with zero attached hydrogens (tertiary/aromatic N) is 2. The highest BCUT2D eigenvalue weighted by Crippen LogP contribution is 2.28. The van der Waals surface area contributed by atoms with Crippen molar-refractivity contribution in [3.63, 3.8) is 0 Å². The first kappa shape index (κ1) is 29.8. The largest absolute Gasteiger partial charge is 0.354 e. The molecular formula is C30H36FN3O4S. The van der Waals surface area contributed by atoms with Crippen molar-refractivity contribution in [2.24, 2.45) is 0 Å². The van der Waals surface area contributed by atoms with Crippen LogP contribution < -0.4 is 9.62 Å². The smallest absolute Gasteiger partial charge is 0.264 e. The van der Waals surface area contributed by atoms with Gasteiger partial charge in [-0.3, -0.25) is 13.9 Å². The monoisotopic (exact) mass is 553 g/mol. The van der Waals surface area contributed by atoms with Crippen molar-refractivity contribution >= 4 is 27.5 Å². The van der Waals surface area contributed by atoms with Crippen LogP contribution in [0.3, 0.4) is 0 Å². The van der Waals surface area contributed by atoms with Crippen LogP contribution in [0, 0.1) is 19.7 Å². The molecule has 0 bridgehead atoms. The lowest BCUT2D eigenvalue weighted by atomic mass is 10.1. The van der Waals surface area contributed by atoms with Crippen LogP contribution in [0.15, 0.2) is 77.7 Å². The van der Waals surface area contributed by atoms with Gasteiger partial charge in [0.2, 0.25) is 11.8 Å². The van der Waals surface area contributed by atoms with Gasteiger partial charge < -0.3 is 10.2 Å². The molecule has 0 heterocycles. The standard InChI is InChI=1S/C30H36FN3O4S/c1-5-18-32-30(36)27(6-2)33(20-24-14-16-25(31)17-15-24)29(35)21-34(28-19-22(3)12-13-23(28)4)39(37,38)26-10-8-7-9-11-26/h7-17,19,27H,5-6,18,20-21H2,1-4H3,(H,32,36)/t27-/m0/s1. The van der Waals surface area contributed by atoms with Gasteiger partial charge in [0.15, 0.2) is 0 Å². The summed E-state index contributed by atoms with van der Waals surface area (Å²) in [6.45, 7) is 7.32. The summed E-state index contributed by atoms with van der Waals surface area (Å²) in [5, 5.41) is 2.85. The van der Waals surface area contributed by atoms with E-state index in [4.69, 9.17) is 0 Å². The first-order chi connectivity index (χ1) is 18.6. The number of aryl methyl sites for hydroxylation is 2. The summed E-state index contributed by atoms with van der Waals surface area (Å²) in [6.07, 6.45) is 1.04. The summed E-state index contributed by atoms with van der Waals surface area (Å²) in [6, 6.07) is 18.2. The number of hydrogen-bond donors (Lipinski definition) is 1. The van der Waals surface area contributed by atoms with E-state index in [0.717, 1.165) is 16.3 Å². The number of carbonyl (C=O) groups is 2. The van der Waals surface area contributed by atoms with E-state index < -0.39 is 34.3 Å². The summed E-state index contributed by atoms with van der Waals surface area (Å²) >= 11 is 0. The zero-order valence-electron chi connectivity index (χ0n) is 22.9. The molecule has 0 fully saturated rings. The van der Waals surface area contributed by atoms with Crippen LogP contribution in [0.4, 0.5) is 10.1 Å². The lowest BCUT2D eigenvalue weighted by Crippen LogP contribution is -2.52. The first-order valence-corrected chi connectivity index (χ1v) is 14.5. The maximum absolute atomic E-state index is 14.0. The normalized spacial score (nSPS) is 12.0. The number of rotatable bonds is 12. The van der Waals surface area contributed by atoms with Gasteiger partial charge in [-0.05, 0) is 73.7 Å². The van der Waals surface area contributed by atoms with Crippen LogP contribution in [0.25, 0.3) is 0 Å². The summed E-state index contributed by atoms with van der Waals surface area (Å²) in [5.74, 6) is -1.28. The minimum atomic E-state index is -4.13. The second-order valence-electron chi connectivity index (χ2n) is 9.48. The molecule has 3 aromatic carbocycles. The molecule has 0 unspecified atom stereocenters. The van der Waals surface area contributed by atoms with Crippen molar-refractivity contribution in [3.8, 4) is 0 Å². The van der Waals surface area contributed by atoms with E-state index in [9.17, 15) is 22.4 Å². The van der Waals surface area contributed by atoms with Crippen LogP contribution in [0.5, 0.6) is 0 Å². The summed E-state index contributed by atoms with van der Waals surface area (Å²) < 4.78 is 42.5. The van der Waals surface area contributed by atoms with Crippen LogP contribution in [-0.2, 0) is 26.2 Å². The van der Waals surface area contributed by atoms with Gasteiger partial charge >= 0.3 is 0 Å². The third-order valence-corrected chi connectivity index (χ3v) is 8.22. The molecule has 3 rings (SSSR count). The molecule has 208 valence electrons. The Kier molecular flexibility index (Phi) is 10.2. The topological polar surface area (TPSA) is 86.8 Å². The number of carbonyl (C=O) groups excluding carboxylic acids is 2. The number of halogens is 1. The first-order valence-electron chi connectivity index (χ1n) is 13.0. The van der Waals surface area contributed by atoms with Crippen molar-refractivity contribution in [1.29, 1.82) is 0 Å². The van der Waals surface area contributed by atoms with E-state index >= 15 is 0 Å². The Labute approximate surface area is 230 Å². The SMILES string of the molecule is CCCNC(=O)[C@H](CC)N(Cc1ccc(F)cc1)C(=O)CN(c1cc(C)ccc1C)S(=O)(=O)c1ccccc1. The quantitative estimate of drug-likeness (QED) is 0.343. The summed E-state index contributed by atoms with van der Waals surface area (Å²) in [4.78, 5) is 28.6. The molecule has 0 saturated carbocycles. The molecule has 0 radical (unpaired) electrons. The highest BCUT2D eigenvalue weighted by molar-refractivity contribution is 7.92. The van der Waals surface area contributed by atoms with Crippen LogP contribution >= 0.6 is 0 Å². The lowest BCUT2D eigenvalue weighted by molar-refractivity contribution is -0.140. The van der Waals surface area contributed by atoms with Crippen molar-refractivity contribution < 1.29 is 22.4 Å². The van der Waals surface area contributed by atoms with E-state index in [1.165, 1.54) is 29.2 Å². The average Bonchev–Trinajstić information content (AvgIpc) is 2.93. The Morgan fingerprint density at radius 3 is 2.23 bits per heavy atom. The second kappa shape index (κ2) is 13.4.